The van der Waals surface area contributed by atoms with E-state index in [1.54, 1.807) is 6.33 Å². The first-order chi connectivity index (χ1) is 9.93. The molecule has 1 aromatic heterocycles. The van der Waals surface area contributed by atoms with Gasteiger partial charge in [-0.25, -0.2) is 4.98 Å². The summed E-state index contributed by atoms with van der Waals surface area (Å²) in [5.41, 5.74) is 4.40. The summed E-state index contributed by atoms with van der Waals surface area (Å²) in [7, 11) is 0. The molecule has 0 aliphatic rings. The third-order valence-electron chi connectivity index (χ3n) is 4.10. The van der Waals surface area contributed by atoms with E-state index >= 15 is 0 Å². The molecule has 0 saturated carbocycles. The molecule has 1 heterocycles. The second-order valence-corrected chi connectivity index (χ2v) is 5.95. The van der Waals surface area contributed by atoms with Crippen molar-refractivity contribution in [2.75, 3.05) is 0 Å². The number of nitrogens with zero attached hydrogens (tertiary/aromatic N) is 2. The molecule has 0 saturated heterocycles. The topological polar surface area (TPSA) is 46.9 Å². The highest BCUT2D eigenvalue weighted by Gasteiger charge is 2.18. The number of aryl methyl sites for hydroxylation is 2. The molecule has 114 valence electrons. The van der Waals surface area contributed by atoms with Crippen LogP contribution < -0.4 is 5.32 Å². The molecule has 4 heteroatoms. The Labute approximate surface area is 126 Å². The number of hydrogen-bond donors (Lipinski definition) is 1. The Morgan fingerprint density at radius 2 is 1.95 bits per heavy atom. The maximum Gasteiger partial charge on any atom is 0.243 e. The SMILES string of the molecule is CCCC(C)NC(=O)C(C)n1cnc2cc(C)c(C)cc21. The molecule has 2 unspecified atom stereocenters. The van der Waals surface area contributed by atoms with E-state index in [2.05, 4.69) is 43.2 Å². The molecule has 2 atom stereocenters. The van der Waals surface area contributed by atoms with E-state index in [0.29, 0.717) is 0 Å². The number of carbonyl (C=O) groups excluding carboxylic acids is 1. The number of fused-ring (bicyclic) bond motifs is 1. The molecule has 4 nitrogen and oxygen atoms in total. The van der Waals surface area contributed by atoms with Crippen molar-refractivity contribution in [3.05, 3.63) is 29.6 Å². The maximum atomic E-state index is 12.4. The van der Waals surface area contributed by atoms with Gasteiger partial charge >= 0.3 is 0 Å². The Morgan fingerprint density at radius 1 is 1.29 bits per heavy atom. The minimum atomic E-state index is -0.253. The molecule has 0 aliphatic carbocycles. The van der Waals surface area contributed by atoms with Gasteiger partial charge in [0.2, 0.25) is 5.91 Å². The smallest absolute Gasteiger partial charge is 0.243 e. The van der Waals surface area contributed by atoms with Crippen LogP contribution in [-0.2, 0) is 4.79 Å². The second-order valence-electron chi connectivity index (χ2n) is 5.95. The summed E-state index contributed by atoms with van der Waals surface area (Å²) in [5, 5.41) is 3.07. The monoisotopic (exact) mass is 287 g/mol. The highest BCUT2D eigenvalue weighted by molar-refractivity contribution is 5.84. The van der Waals surface area contributed by atoms with Crippen LogP contribution in [0.1, 0.15) is 50.8 Å². The van der Waals surface area contributed by atoms with Crippen LogP contribution in [0, 0.1) is 13.8 Å². The van der Waals surface area contributed by atoms with Gasteiger partial charge in [0.15, 0.2) is 0 Å². The van der Waals surface area contributed by atoms with Crippen molar-refractivity contribution in [3.8, 4) is 0 Å². The predicted molar refractivity (Wildman–Crippen MR) is 86.4 cm³/mol. The number of rotatable bonds is 5. The lowest BCUT2D eigenvalue weighted by Crippen LogP contribution is -2.37. The molecule has 0 aliphatic heterocycles. The van der Waals surface area contributed by atoms with E-state index in [4.69, 9.17) is 0 Å². The Hall–Kier alpha value is -1.84. The minimum absolute atomic E-state index is 0.0495. The largest absolute Gasteiger partial charge is 0.352 e. The molecule has 1 N–H and O–H groups in total. The van der Waals surface area contributed by atoms with E-state index in [1.807, 2.05) is 18.4 Å². The van der Waals surface area contributed by atoms with Gasteiger partial charge in [0, 0.05) is 6.04 Å². The molecule has 0 spiro atoms. The van der Waals surface area contributed by atoms with Crippen molar-refractivity contribution in [1.82, 2.24) is 14.9 Å². The highest BCUT2D eigenvalue weighted by Crippen LogP contribution is 2.21. The van der Waals surface area contributed by atoms with Crippen molar-refractivity contribution in [3.63, 3.8) is 0 Å². The van der Waals surface area contributed by atoms with Gasteiger partial charge in [-0.1, -0.05) is 13.3 Å². The molecule has 1 aromatic carbocycles. The minimum Gasteiger partial charge on any atom is -0.352 e. The van der Waals surface area contributed by atoms with Crippen LogP contribution in [0.15, 0.2) is 18.5 Å². The van der Waals surface area contributed by atoms with Crippen molar-refractivity contribution in [2.45, 2.75) is 59.5 Å². The van der Waals surface area contributed by atoms with Crippen molar-refractivity contribution >= 4 is 16.9 Å². The third-order valence-corrected chi connectivity index (χ3v) is 4.10. The zero-order chi connectivity index (χ0) is 15.6. The van der Waals surface area contributed by atoms with Crippen LogP contribution in [0.4, 0.5) is 0 Å². The fourth-order valence-electron chi connectivity index (χ4n) is 2.59. The number of imidazole rings is 1. The zero-order valence-electron chi connectivity index (χ0n) is 13.6. The molecule has 2 aromatic rings. The first-order valence-corrected chi connectivity index (χ1v) is 7.68. The van der Waals surface area contributed by atoms with Crippen molar-refractivity contribution < 1.29 is 4.79 Å². The van der Waals surface area contributed by atoms with Crippen molar-refractivity contribution in [1.29, 1.82) is 0 Å². The standard InChI is InChI=1S/C17H25N3O/c1-6-7-13(4)19-17(21)14(5)20-10-18-15-8-11(2)12(3)9-16(15)20/h8-10,13-14H,6-7H2,1-5H3,(H,19,21). The first-order valence-electron chi connectivity index (χ1n) is 7.68. The number of carbonyl (C=O) groups is 1. The predicted octanol–water partition coefficient (Wildman–Crippen LogP) is 3.52. The van der Waals surface area contributed by atoms with Crippen LogP contribution in [-0.4, -0.2) is 21.5 Å². The summed E-state index contributed by atoms with van der Waals surface area (Å²) in [6.07, 6.45) is 3.84. The van der Waals surface area contributed by atoms with Crippen molar-refractivity contribution in [2.24, 2.45) is 0 Å². The highest BCUT2D eigenvalue weighted by atomic mass is 16.2. The van der Waals surface area contributed by atoms with Crippen LogP contribution in [0.25, 0.3) is 11.0 Å². The fraction of sp³-hybridized carbons (Fsp3) is 0.529. The summed E-state index contributed by atoms with van der Waals surface area (Å²) in [6, 6.07) is 4.14. The summed E-state index contributed by atoms with van der Waals surface area (Å²) < 4.78 is 1.95. The summed E-state index contributed by atoms with van der Waals surface area (Å²) >= 11 is 0. The average Bonchev–Trinajstić information content (AvgIpc) is 2.81. The maximum absolute atomic E-state index is 12.4. The summed E-state index contributed by atoms with van der Waals surface area (Å²) in [4.78, 5) is 16.8. The first kappa shape index (κ1) is 15.5. The number of amides is 1. The summed E-state index contributed by atoms with van der Waals surface area (Å²) in [5.74, 6) is 0.0495. The Bertz CT molecular complexity index is 645. The quantitative estimate of drug-likeness (QED) is 0.914. The van der Waals surface area contributed by atoms with Gasteiger partial charge in [0.25, 0.3) is 0 Å². The van der Waals surface area contributed by atoms with Crippen LogP contribution in [0.3, 0.4) is 0 Å². The number of benzene rings is 1. The second kappa shape index (κ2) is 6.29. The van der Waals surface area contributed by atoms with Crippen LogP contribution in [0.5, 0.6) is 0 Å². The number of aromatic nitrogens is 2. The van der Waals surface area contributed by atoms with E-state index in [1.165, 1.54) is 11.1 Å². The van der Waals surface area contributed by atoms with Gasteiger partial charge in [-0.05, 0) is 57.4 Å². The zero-order valence-corrected chi connectivity index (χ0v) is 13.6. The molecule has 21 heavy (non-hydrogen) atoms. The molecule has 2 rings (SSSR count). The van der Waals surface area contributed by atoms with Gasteiger partial charge in [-0.15, -0.1) is 0 Å². The average molecular weight is 287 g/mol. The molecular formula is C17H25N3O. The van der Waals surface area contributed by atoms with Crippen LogP contribution in [0.2, 0.25) is 0 Å². The van der Waals surface area contributed by atoms with E-state index in [9.17, 15) is 4.79 Å². The molecule has 0 bridgehead atoms. The molecule has 0 fully saturated rings. The van der Waals surface area contributed by atoms with E-state index in [-0.39, 0.29) is 18.0 Å². The fourth-order valence-corrected chi connectivity index (χ4v) is 2.59. The van der Waals surface area contributed by atoms with Gasteiger partial charge in [0.05, 0.1) is 17.4 Å². The molecular weight excluding hydrogens is 262 g/mol. The van der Waals surface area contributed by atoms with E-state index in [0.717, 1.165) is 23.9 Å². The van der Waals surface area contributed by atoms with E-state index < -0.39 is 0 Å². The molecule has 0 radical (unpaired) electrons. The van der Waals surface area contributed by atoms with Gasteiger partial charge in [-0.2, -0.15) is 0 Å². The van der Waals surface area contributed by atoms with Gasteiger partial charge < -0.3 is 9.88 Å². The lowest BCUT2D eigenvalue weighted by molar-refractivity contribution is -0.124. The van der Waals surface area contributed by atoms with Crippen LogP contribution >= 0.6 is 0 Å². The lowest BCUT2D eigenvalue weighted by Gasteiger charge is -2.18. The van der Waals surface area contributed by atoms with Gasteiger partial charge in [-0.3, -0.25) is 4.79 Å². The Kier molecular flexibility index (Phi) is 4.66. The summed E-state index contributed by atoms with van der Waals surface area (Å²) in [6.45, 7) is 10.3. The Balaban J connectivity index is 2.25. The lowest BCUT2D eigenvalue weighted by atomic mass is 10.1. The number of hydrogen-bond acceptors (Lipinski definition) is 2. The number of nitrogens with one attached hydrogen (secondary N) is 1. The normalized spacial score (nSPS) is 14.1. The Morgan fingerprint density at radius 3 is 2.62 bits per heavy atom. The molecule has 1 amide bonds. The third kappa shape index (κ3) is 3.26. The van der Waals surface area contributed by atoms with Gasteiger partial charge in [0.1, 0.15) is 6.04 Å².